The summed E-state index contributed by atoms with van der Waals surface area (Å²) >= 11 is 0. The summed E-state index contributed by atoms with van der Waals surface area (Å²) in [5.74, 6) is 2.47. The van der Waals surface area contributed by atoms with Crippen molar-refractivity contribution in [2.24, 2.45) is 0 Å². The Hall–Kier alpha value is -1.98. The highest BCUT2D eigenvalue weighted by atomic mass is 16.5. The van der Waals surface area contributed by atoms with E-state index in [1.54, 1.807) is 7.11 Å². The van der Waals surface area contributed by atoms with Crippen LogP contribution in [0, 0.1) is 0 Å². The molecule has 0 aliphatic carbocycles. The average Bonchev–Trinajstić information content (AvgIpc) is 2.68. The van der Waals surface area contributed by atoms with Crippen molar-refractivity contribution in [2.75, 3.05) is 26.7 Å². The van der Waals surface area contributed by atoms with Gasteiger partial charge in [-0.1, -0.05) is 18.2 Å². The second kappa shape index (κ2) is 7.50. The normalized spacial score (nSPS) is 20.9. The lowest BCUT2D eigenvalue weighted by atomic mass is 9.98. The summed E-state index contributed by atoms with van der Waals surface area (Å²) in [5.41, 5.74) is 3.75. The van der Waals surface area contributed by atoms with E-state index in [9.17, 15) is 0 Å². The summed E-state index contributed by atoms with van der Waals surface area (Å²) in [6.45, 7) is 4.98. The van der Waals surface area contributed by atoms with Crippen molar-refractivity contribution in [3.05, 3.63) is 53.1 Å². The van der Waals surface area contributed by atoms with Gasteiger partial charge in [-0.3, -0.25) is 4.90 Å². The van der Waals surface area contributed by atoms with Crippen LogP contribution in [0.1, 0.15) is 41.4 Å². The van der Waals surface area contributed by atoms with Crippen molar-refractivity contribution in [3.63, 3.8) is 0 Å². The molecule has 0 bridgehead atoms. The van der Waals surface area contributed by atoms with E-state index in [0.717, 1.165) is 50.7 Å². The second-order valence-corrected chi connectivity index (χ2v) is 7.02. The molecule has 25 heavy (non-hydrogen) atoms. The van der Waals surface area contributed by atoms with E-state index < -0.39 is 0 Å². The highest BCUT2D eigenvalue weighted by Gasteiger charge is 2.23. The molecule has 1 aromatic heterocycles. The van der Waals surface area contributed by atoms with E-state index in [2.05, 4.69) is 33.5 Å². The lowest BCUT2D eigenvalue weighted by molar-refractivity contribution is 0.238. The standard InChI is InChI=1S/C20H26N4O/c1-25-19-7-3-2-5-16(19)13-24-10-8-18-17(14-24)12-22-20(23-18)15-6-4-9-21-11-15/h2-3,5,7,12,15,21H,4,6,8-11,13-14H2,1H3/t15-/m1/s1. The predicted molar refractivity (Wildman–Crippen MR) is 97.7 cm³/mol. The number of para-hydroxylation sites is 1. The minimum atomic E-state index is 0.477. The fourth-order valence-corrected chi connectivity index (χ4v) is 3.87. The van der Waals surface area contributed by atoms with Gasteiger partial charge in [-0.25, -0.2) is 9.97 Å². The maximum absolute atomic E-state index is 5.48. The molecule has 0 radical (unpaired) electrons. The van der Waals surface area contributed by atoms with E-state index >= 15 is 0 Å². The molecule has 5 heteroatoms. The number of ether oxygens (including phenoxy) is 1. The molecule has 2 aliphatic heterocycles. The van der Waals surface area contributed by atoms with Crippen LogP contribution in [0.15, 0.2) is 30.5 Å². The minimum absolute atomic E-state index is 0.477. The lowest BCUT2D eigenvalue weighted by Crippen LogP contribution is -2.33. The molecular formula is C20H26N4O. The molecule has 132 valence electrons. The monoisotopic (exact) mass is 338 g/mol. The quantitative estimate of drug-likeness (QED) is 0.928. The number of aromatic nitrogens is 2. The molecule has 4 rings (SSSR count). The SMILES string of the molecule is COc1ccccc1CN1CCc2nc([C@@H]3CCCNC3)ncc2C1. The summed E-state index contributed by atoms with van der Waals surface area (Å²) in [6.07, 6.45) is 5.48. The molecule has 0 spiro atoms. The van der Waals surface area contributed by atoms with Gasteiger partial charge in [0.1, 0.15) is 11.6 Å². The average molecular weight is 338 g/mol. The van der Waals surface area contributed by atoms with Crippen LogP contribution in [0.4, 0.5) is 0 Å². The molecule has 0 amide bonds. The van der Waals surface area contributed by atoms with Crippen LogP contribution in [0.5, 0.6) is 5.75 Å². The number of fused-ring (bicyclic) bond motifs is 1. The molecule has 5 nitrogen and oxygen atoms in total. The first-order valence-corrected chi connectivity index (χ1v) is 9.23. The third kappa shape index (κ3) is 3.67. The Kier molecular flexibility index (Phi) is 4.95. The van der Waals surface area contributed by atoms with Crippen LogP contribution in [0.3, 0.4) is 0 Å². The molecule has 2 aliphatic rings. The Morgan fingerprint density at radius 1 is 1.32 bits per heavy atom. The van der Waals surface area contributed by atoms with Crippen molar-refractivity contribution in [2.45, 2.75) is 38.3 Å². The Morgan fingerprint density at radius 3 is 3.08 bits per heavy atom. The van der Waals surface area contributed by atoms with Crippen LogP contribution in [-0.4, -0.2) is 41.6 Å². The molecule has 1 atom stereocenters. The van der Waals surface area contributed by atoms with Gasteiger partial charge < -0.3 is 10.1 Å². The largest absolute Gasteiger partial charge is 0.496 e. The number of hydrogen-bond acceptors (Lipinski definition) is 5. The number of hydrogen-bond donors (Lipinski definition) is 1. The van der Waals surface area contributed by atoms with Gasteiger partial charge in [-0.2, -0.15) is 0 Å². The Bertz CT molecular complexity index is 727. The maximum Gasteiger partial charge on any atom is 0.132 e. The number of nitrogens with one attached hydrogen (secondary N) is 1. The molecule has 2 aromatic rings. The van der Waals surface area contributed by atoms with E-state index in [4.69, 9.17) is 9.72 Å². The summed E-state index contributed by atoms with van der Waals surface area (Å²) in [4.78, 5) is 12.0. The van der Waals surface area contributed by atoms with Crippen molar-refractivity contribution in [3.8, 4) is 5.75 Å². The van der Waals surface area contributed by atoms with E-state index in [1.807, 2.05) is 12.1 Å². The number of rotatable bonds is 4. The summed E-state index contributed by atoms with van der Waals surface area (Å²) in [5, 5.41) is 3.46. The summed E-state index contributed by atoms with van der Waals surface area (Å²) in [6, 6.07) is 8.26. The molecule has 1 saturated heterocycles. The van der Waals surface area contributed by atoms with Gasteiger partial charge in [-0.15, -0.1) is 0 Å². The predicted octanol–water partition coefficient (Wildman–Crippen LogP) is 2.51. The van der Waals surface area contributed by atoms with Crippen LogP contribution < -0.4 is 10.1 Å². The van der Waals surface area contributed by atoms with E-state index in [-0.39, 0.29) is 0 Å². The number of piperidine rings is 1. The van der Waals surface area contributed by atoms with E-state index in [0.29, 0.717) is 5.92 Å². The van der Waals surface area contributed by atoms with Crippen molar-refractivity contribution < 1.29 is 4.74 Å². The van der Waals surface area contributed by atoms with Gasteiger partial charge in [-0.05, 0) is 25.5 Å². The van der Waals surface area contributed by atoms with E-state index in [1.165, 1.54) is 29.7 Å². The fourth-order valence-electron chi connectivity index (χ4n) is 3.87. The number of benzene rings is 1. The Morgan fingerprint density at radius 2 is 2.24 bits per heavy atom. The van der Waals surface area contributed by atoms with Gasteiger partial charge in [0.05, 0.1) is 7.11 Å². The van der Waals surface area contributed by atoms with Gasteiger partial charge in [0.2, 0.25) is 0 Å². The zero-order valence-electron chi connectivity index (χ0n) is 14.9. The minimum Gasteiger partial charge on any atom is -0.496 e. The third-order valence-corrected chi connectivity index (χ3v) is 5.28. The first kappa shape index (κ1) is 16.5. The van der Waals surface area contributed by atoms with Gasteiger partial charge in [0, 0.05) is 61.5 Å². The van der Waals surface area contributed by atoms with Crippen LogP contribution in [-0.2, 0) is 19.5 Å². The molecule has 1 fully saturated rings. The number of nitrogens with zero attached hydrogens (tertiary/aromatic N) is 3. The zero-order valence-corrected chi connectivity index (χ0v) is 14.9. The first-order valence-electron chi connectivity index (χ1n) is 9.23. The second-order valence-electron chi connectivity index (χ2n) is 7.02. The maximum atomic E-state index is 5.48. The smallest absolute Gasteiger partial charge is 0.132 e. The van der Waals surface area contributed by atoms with Crippen LogP contribution in [0.25, 0.3) is 0 Å². The summed E-state index contributed by atoms with van der Waals surface area (Å²) in [7, 11) is 1.74. The number of methoxy groups -OCH3 is 1. The van der Waals surface area contributed by atoms with Crippen LogP contribution in [0.2, 0.25) is 0 Å². The molecular weight excluding hydrogens is 312 g/mol. The zero-order chi connectivity index (χ0) is 17.1. The topological polar surface area (TPSA) is 50.3 Å². The van der Waals surface area contributed by atoms with Crippen LogP contribution >= 0.6 is 0 Å². The fraction of sp³-hybridized carbons (Fsp3) is 0.500. The Labute approximate surface area is 149 Å². The third-order valence-electron chi connectivity index (χ3n) is 5.28. The highest BCUT2D eigenvalue weighted by molar-refractivity contribution is 5.33. The molecule has 0 unspecified atom stereocenters. The molecule has 1 N–H and O–H groups in total. The van der Waals surface area contributed by atoms with Gasteiger partial charge in [0.15, 0.2) is 0 Å². The van der Waals surface area contributed by atoms with Crippen molar-refractivity contribution in [1.29, 1.82) is 0 Å². The Balaban J connectivity index is 1.46. The lowest BCUT2D eigenvalue weighted by Gasteiger charge is -2.29. The van der Waals surface area contributed by atoms with Crippen molar-refractivity contribution >= 4 is 0 Å². The summed E-state index contributed by atoms with van der Waals surface area (Å²) < 4.78 is 5.48. The highest BCUT2D eigenvalue weighted by Crippen LogP contribution is 2.25. The first-order chi connectivity index (χ1) is 12.3. The molecule has 3 heterocycles. The molecule has 0 saturated carbocycles. The van der Waals surface area contributed by atoms with Gasteiger partial charge >= 0.3 is 0 Å². The van der Waals surface area contributed by atoms with Gasteiger partial charge in [0.25, 0.3) is 0 Å². The molecule has 1 aromatic carbocycles. The van der Waals surface area contributed by atoms with Crippen molar-refractivity contribution in [1.82, 2.24) is 20.2 Å².